The summed E-state index contributed by atoms with van der Waals surface area (Å²) in [6, 6.07) is 5.62. The molecule has 0 aliphatic rings. The van der Waals surface area contributed by atoms with Crippen LogP contribution < -0.4 is 5.32 Å². The lowest BCUT2D eigenvalue weighted by atomic mass is 9.96. The van der Waals surface area contributed by atoms with Crippen LogP contribution in [0.5, 0.6) is 0 Å². The first-order valence-corrected chi connectivity index (χ1v) is 6.68. The van der Waals surface area contributed by atoms with Gasteiger partial charge in [-0.25, -0.2) is 0 Å². The first-order valence-electron chi connectivity index (χ1n) is 6.68. The molecule has 0 heterocycles. The van der Waals surface area contributed by atoms with E-state index in [2.05, 4.69) is 19.2 Å². The van der Waals surface area contributed by atoms with Gasteiger partial charge in [-0.05, 0) is 43.0 Å². The molecule has 4 heteroatoms. The van der Waals surface area contributed by atoms with Crippen molar-refractivity contribution < 1.29 is 13.2 Å². The van der Waals surface area contributed by atoms with Gasteiger partial charge in [0.05, 0.1) is 5.56 Å². The molecule has 1 aromatic rings. The van der Waals surface area contributed by atoms with Gasteiger partial charge in [0.15, 0.2) is 0 Å². The predicted octanol–water partition coefficient (Wildman–Crippen LogP) is 4.44. The molecular weight excluding hydrogens is 251 g/mol. The standard InChI is InChI=1S/C15H22F3N/c1-11(2)10-19-8-7-12(3)13-5-4-6-14(9-13)15(16,17)18/h4-6,9,11-12,19H,7-8,10H2,1-3H3. The molecule has 1 rings (SSSR count). The Hall–Kier alpha value is -1.03. The molecule has 0 spiro atoms. The van der Waals surface area contributed by atoms with E-state index in [1.54, 1.807) is 6.07 Å². The second kappa shape index (κ2) is 6.94. The van der Waals surface area contributed by atoms with E-state index in [0.29, 0.717) is 5.92 Å². The number of benzene rings is 1. The summed E-state index contributed by atoms with van der Waals surface area (Å²) < 4.78 is 37.8. The average Bonchev–Trinajstić information content (AvgIpc) is 2.33. The van der Waals surface area contributed by atoms with Crippen molar-refractivity contribution in [2.45, 2.75) is 39.3 Å². The predicted molar refractivity (Wildman–Crippen MR) is 72.2 cm³/mol. The van der Waals surface area contributed by atoms with Gasteiger partial charge in [-0.1, -0.05) is 39.0 Å². The number of hydrogen-bond donors (Lipinski definition) is 1. The molecule has 1 atom stereocenters. The van der Waals surface area contributed by atoms with E-state index >= 15 is 0 Å². The molecule has 0 aliphatic heterocycles. The zero-order valence-electron chi connectivity index (χ0n) is 11.7. The molecule has 0 saturated carbocycles. The minimum absolute atomic E-state index is 0.127. The van der Waals surface area contributed by atoms with Crippen LogP contribution in [0, 0.1) is 5.92 Å². The van der Waals surface area contributed by atoms with E-state index in [1.807, 2.05) is 6.92 Å². The first-order chi connectivity index (χ1) is 8.80. The highest BCUT2D eigenvalue weighted by atomic mass is 19.4. The Morgan fingerprint density at radius 1 is 1.16 bits per heavy atom. The van der Waals surface area contributed by atoms with Gasteiger partial charge < -0.3 is 5.32 Å². The SMILES string of the molecule is CC(C)CNCCC(C)c1cccc(C(F)(F)F)c1. The van der Waals surface area contributed by atoms with Crippen LogP contribution in [0.15, 0.2) is 24.3 Å². The van der Waals surface area contributed by atoms with Gasteiger partial charge in [0, 0.05) is 0 Å². The molecule has 0 fully saturated rings. The summed E-state index contributed by atoms with van der Waals surface area (Å²) in [7, 11) is 0. The molecule has 0 aromatic heterocycles. The molecule has 0 saturated heterocycles. The van der Waals surface area contributed by atoms with Gasteiger partial charge in [-0.2, -0.15) is 13.2 Å². The van der Waals surface area contributed by atoms with Gasteiger partial charge in [-0.15, -0.1) is 0 Å². The zero-order chi connectivity index (χ0) is 14.5. The van der Waals surface area contributed by atoms with Gasteiger partial charge in [0.1, 0.15) is 0 Å². The molecule has 1 nitrogen and oxygen atoms in total. The van der Waals surface area contributed by atoms with Gasteiger partial charge in [0.25, 0.3) is 0 Å². The van der Waals surface area contributed by atoms with Crippen LogP contribution in [0.2, 0.25) is 0 Å². The van der Waals surface area contributed by atoms with Crippen molar-refractivity contribution in [3.63, 3.8) is 0 Å². The van der Waals surface area contributed by atoms with E-state index < -0.39 is 11.7 Å². The van der Waals surface area contributed by atoms with E-state index in [9.17, 15) is 13.2 Å². The van der Waals surface area contributed by atoms with Crippen molar-refractivity contribution in [1.29, 1.82) is 0 Å². The summed E-state index contributed by atoms with van der Waals surface area (Å²) in [5.41, 5.74) is 0.188. The molecule has 19 heavy (non-hydrogen) atoms. The van der Waals surface area contributed by atoms with Crippen LogP contribution in [0.4, 0.5) is 13.2 Å². The summed E-state index contributed by atoms with van der Waals surface area (Å²) in [5.74, 6) is 0.714. The monoisotopic (exact) mass is 273 g/mol. The molecule has 108 valence electrons. The van der Waals surface area contributed by atoms with Gasteiger partial charge in [-0.3, -0.25) is 0 Å². The Labute approximate surface area is 113 Å². The van der Waals surface area contributed by atoms with E-state index in [-0.39, 0.29) is 5.92 Å². The summed E-state index contributed by atoms with van der Waals surface area (Å²) in [6.07, 6.45) is -3.42. The smallest absolute Gasteiger partial charge is 0.316 e. The topological polar surface area (TPSA) is 12.0 Å². The fourth-order valence-corrected chi connectivity index (χ4v) is 1.90. The van der Waals surface area contributed by atoms with E-state index in [4.69, 9.17) is 0 Å². The molecule has 0 bridgehead atoms. The van der Waals surface area contributed by atoms with E-state index in [0.717, 1.165) is 31.1 Å². The van der Waals surface area contributed by atoms with Gasteiger partial charge >= 0.3 is 6.18 Å². The summed E-state index contributed by atoms with van der Waals surface area (Å²) in [5, 5.41) is 3.31. The Morgan fingerprint density at radius 2 is 1.84 bits per heavy atom. The largest absolute Gasteiger partial charge is 0.416 e. The van der Waals surface area contributed by atoms with Crippen LogP contribution in [-0.2, 0) is 6.18 Å². The second-order valence-corrected chi connectivity index (χ2v) is 5.41. The molecule has 1 unspecified atom stereocenters. The maximum absolute atomic E-state index is 12.6. The maximum Gasteiger partial charge on any atom is 0.416 e. The Bertz CT molecular complexity index is 385. The molecule has 0 amide bonds. The quantitative estimate of drug-likeness (QED) is 0.755. The van der Waals surface area contributed by atoms with Crippen LogP contribution in [0.25, 0.3) is 0 Å². The molecule has 1 aromatic carbocycles. The van der Waals surface area contributed by atoms with Crippen LogP contribution in [0.3, 0.4) is 0 Å². The molecule has 1 N–H and O–H groups in total. The Balaban J connectivity index is 2.55. The third-order valence-electron chi connectivity index (χ3n) is 3.09. The summed E-state index contributed by atoms with van der Waals surface area (Å²) >= 11 is 0. The minimum Gasteiger partial charge on any atom is -0.316 e. The summed E-state index contributed by atoms with van der Waals surface area (Å²) in [4.78, 5) is 0. The lowest BCUT2D eigenvalue weighted by Gasteiger charge is -2.15. The van der Waals surface area contributed by atoms with Crippen LogP contribution in [0.1, 0.15) is 44.2 Å². The summed E-state index contributed by atoms with van der Waals surface area (Å²) in [6.45, 7) is 7.99. The van der Waals surface area contributed by atoms with Crippen molar-refractivity contribution in [3.05, 3.63) is 35.4 Å². The molecule has 0 radical (unpaired) electrons. The number of nitrogens with one attached hydrogen (secondary N) is 1. The number of hydrogen-bond acceptors (Lipinski definition) is 1. The van der Waals surface area contributed by atoms with Crippen molar-refractivity contribution in [2.24, 2.45) is 5.92 Å². The second-order valence-electron chi connectivity index (χ2n) is 5.41. The molecular formula is C15H22F3N. The highest BCUT2D eigenvalue weighted by Gasteiger charge is 2.30. The fourth-order valence-electron chi connectivity index (χ4n) is 1.90. The third-order valence-corrected chi connectivity index (χ3v) is 3.09. The normalized spacial score (nSPS) is 13.8. The average molecular weight is 273 g/mol. The molecule has 0 aliphatic carbocycles. The van der Waals surface area contributed by atoms with Crippen molar-refractivity contribution in [2.75, 3.05) is 13.1 Å². The maximum atomic E-state index is 12.6. The van der Waals surface area contributed by atoms with Gasteiger partial charge in [0.2, 0.25) is 0 Å². The van der Waals surface area contributed by atoms with Crippen molar-refractivity contribution >= 4 is 0 Å². The third kappa shape index (κ3) is 5.64. The Morgan fingerprint density at radius 3 is 2.42 bits per heavy atom. The fraction of sp³-hybridized carbons (Fsp3) is 0.600. The lowest BCUT2D eigenvalue weighted by molar-refractivity contribution is -0.137. The van der Waals surface area contributed by atoms with Crippen molar-refractivity contribution in [1.82, 2.24) is 5.32 Å². The highest BCUT2D eigenvalue weighted by Crippen LogP contribution is 2.31. The Kier molecular flexibility index (Phi) is 5.85. The number of alkyl halides is 3. The highest BCUT2D eigenvalue weighted by molar-refractivity contribution is 5.27. The number of rotatable bonds is 6. The number of halogens is 3. The van der Waals surface area contributed by atoms with Crippen molar-refractivity contribution in [3.8, 4) is 0 Å². The zero-order valence-corrected chi connectivity index (χ0v) is 11.7. The minimum atomic E-state index is -4.26. The first kappa shape index (κ1) is 16.0. The van der Waals surface area contributed by atoms with Crippen LogP contribution in [-0.4, -0.2) is 13.1 Å². The van der Waals surface area contributed by atoms with E-state index in [1.165, 1.54) is 12.1 Å². The lowest BCUT2D eigenvalue weighted by Crippen LogP contribution is -2.21. The van der Waals surface area contributed by atoms with Crippen LogP contribution >= 0.6 is 0 Å².